The van der Waals surface area contributed by atoms with E-state index in [1.54, 1.807) is 86.8 Å². The van der Waals surface area contributed by atoms with Gasteiger partial charge in [-0.2, -0.15) is 0 Å². The summed E-state index contributed by atoms with van der Waals surface area (Å²) in [7, 11) is 6.41. The van der Waals surface area contributed by atoms with Gasteiger partial charge in [0, 0.05) is 81.6 Å². The molecule has 0 unspecified atom stereocenters. The average Bonchev–Trinajstić information content (AvgIpc) is 3.37. The van der Waals surface area contributed by atoms with Crippen LogP contribution >= 0.6 is 22.6 Å². The molecule has 1 aromatic heterocycles. The number of cyclic esters (lactones) is 1. The van der Waals surface area contributed by atoms with Crippen molar-refractivity contribution in [2.45, 2.75) is 183 Å². The van der Waals surface area contributed by atoms with Crippen LogP contribution in [0.4, 0.5) is 4.39 Å². The number of hydrogen-bond donors (Lipinski definition) is 5. The standard InChI is InChI=1S/C53H81FIN3O15/c1-28-24-52(8,68-13)48(31(4)45(71-42-25-51(7,67-12)47(63)33(6)70-42)32(5)49(64)73-50(55)53(9,65)46(62)30(3)43(28)60)72-41-23-37(22-29(2)69-41)58(10)21-20-39(59)57-38(26-54)44(61)35-16-14-34(15-17-35)36-18-19-40(66-11)56-27-36/h14-19,27-33,37-38,41-42,44-48,50,61-63,65H,20-26H2,1-13H3,(H,57,59)/t28-,29-,30+,31+,32-,33+,37+,38-,41+,42+,44-,45+,46-,47+,48-,50+,51-,52-,53+/m1/s1. The summed E-state index contributed by atoms with van der Waals surface area (Å²) < 4.78 is 62.9. The van der Waals surface area contributed by atoms with Crippen LogP contribution in [0.15, 0.2) is 42.6 Å². The Hall–Kier alpha value is -3.00. The smallest absolute Gasteiger partial charge is 0.312 e. The molecule has 5 N–H and O–H groups in total. The largest absolute Gasteiger partial charge is 0.481 e. The molecule has 73 heavy (non-hydrogen) atoms. The zero-order chi connectivity index (χ0) is 54.3. The number of ketones is 1. The van der Waals surface area contributed by atoms with E-state index in [2.05, 4.69) is 10.3 Å². The number of nitrogens with one attached hydrogen (secondary N) is 1. The number of hydrogen-bond acceptors (Lipinski definition) is 17. The minimum atomic E-state index is -2.03. The quantitative estimate of drug-likeness (QED) is 0.0797. The number of amides is 1. The Morgan fingerprint density at radius 2 is 1.53 bits per heavy atom. The van der Waals surface area contributed by atoms with Crippen molar-refractivity contribution in [2.75, 3.05) is 41.6 Å². The van der Waals surface area contributed by atoms with Gasteiger partial charge in [0.05, 0.1) is 60.8 Å². The van der Waals surface area contributed by atoms with Gasteiger partial charge in [0.1, 0.15) is 30.3 Å². The van der Waals surface area contributed by atoms with E-state index in [1.807, 2.05) is 38.8 Å². The number of Topliss-reactive ketones (excluding diaryl/α,β-unsaturated/α-hetero) is 1. The molecule has 5 rings (SSSR count). The summed E-state index contributed by atoms with van der Waals surface area (Å²) in [5.41, 5.74) is -2.27. The zero-order valence-corrected chi connectivity index (χ0v) is 46.8. The van der Waals surface area contributed by atoms with Crippen LogP contribution in [0.2, 0.25) is 0 Å². The highest BCUT2D eigenvalue weighted by molar-refractivity contribution is 14.1. The second-order valence-electron chi connectivity index (χ2n) is 21.2. The minimum Gasteiger partial charge on any atom is -0.481 e. The van der Waals surface area contributed by atoms with Gasteiger partial charge < -0.3 is 68.5 Å². The van der Waals surface area contributed by atoms with Gasteiger partial charge in [-0.25, -0.2) is 9.37 Å². The van der Waals surface area contributed by atoms with E-state index in [0.29, 0.717) is 24.3 Å². The van der Waals surface area contributed by atoms with Crippen LogP contribution in [0.25, 0.3) is 11.1 Å². The molecule has 0 spiro atoms. The number of pyridine rings is 1. The summed E-state index contributed by atoms with van der Waals surface area (Å²) in [6.07, 6.45) is -6.05. The fourth-order valence-corrected chi connectivity index (χ4v) is 11.2. The number of esters is 1. The minimum absolute atomic E-state index is 0.00233. The van der Waals surface area contributed by atoms with E-state index < -0.39 is 118 Å². The maximum Gasteiger partial charge on any atom is 0.312 e. The fourth-order valence-electron chi connectivity index (χ4n) is 10.6. The Morgan fingerprint density at radius 1 is 0.890 bits per heavy atom. The van der Waals surface area contributed by atoms with E-state index in [9.17, 15) is 39.2 Å². The Bertz CT molecular complexity index is 2110. The number of methoxy groups -OCH3 is 3. The van der Waals surface area contributed by atoms with Gasteiger partial charge in [-0.15, -0.1) is 0 Å². The number of carbonyl (C=O) groups excluding carboxylic acids is 3. The number of carbonyl (C=O) groups is 3. The highest BCUT2D eigenvalue weighted by atomic mass is 127. The van der Waals surface area contributed by atoms with Gasteiger partial charge in [0.15, 0.2) is 16.7 Å². The summed E-state index contributed by atoms with van der Waals surface area (Å²) in [6, 6.07) is 9.20. The number of aliphatic hydroxyl groups excluding tert-OH is 3. The van der Waals surface area contributed by atoms with E-state index >= 15 is 0 Å². The van der Waals surface area contributed by atoms with Gasteiger partial charge in [-0.05, 0) is 101 Å². The highest BCUT2D eigenvalue weighted by Gasteiger charge is 2.53. The molecule has 19 atom stereocenters. The Balaban J connectivity index is 1.37. The van der Waals surface area contributed by atoms with Crippen molar-refractivity contribution in [1.29, 1.82) is 0 Å². The molecule has 3 aliphatic heterocycles. The molecule has 3 aliphatic rings. The molecule has 4 heterocycles. The van der Waals surface area contributed by atoms with Gasteiger partial charge in [-0.1, -0.05) is 45.0 Å². The van der Waals surface area contributed by atoms with Crippen molar-refractivity contribution in [2.24, 2.45) is 23.7 Å². The number of halogens is 2. The van der Waals surface area contributed by atoms with Crippen LogP contribution in [0, 0.1) is 23.7 Å². The van der Waals surface area contributed by atoms with Gasteiger partial charge in [0.25, 0.3) is 0 Å². The molecule has 18 nitrogen and oxygen atoms in total. The monoisotopic (exact) mass is 1150 g/mol. The number of ether oxygens (including phenoxy) is 8. The highest BCUT2D eigenvalue weighted by Crippen LogP contribution is 2.42. The predicted molar refractivity (Wildman–Crippen MR) is 276 cm³/mol. The van der Waals surface area contributed by atoms with Gasteiger partial charge in [0.2, 0.25) is 11.8 Å². The lowest BCUT2D eigenvalue weighted by molar-refractivity contribution is -0.309. The molecule has 0 saturated carbocycles. The molecule has 412 valence electrons. The molecule has 0 radical (unpaired) electrons. The van der Waals surface area contributed by atoms with Crippen LogP contribution in [-0.2, 0) is 47.5 Å². The fraction of sp³-hybridized carbons (Fsp3) is 0.736. The second kappa shape index (κ2) is 25.9. The van der Waals surface area contributed by atoms with Gasteiger partial charge >= 0.3 is 5.97 Å². The first-order valence-electron chi connectivity index (χ1n) is 25.3. The third-order valence-corrected chi connectivity index (χ3v) is 17.1. The summed E-state index contributed by atoms with van der Waals surface area (Å²) >= 11 is 1.75. The number of nitrogens with zero attached hydrogens (tertiary/aromatic N) is 2. The summed E-state index contributed by atoms with van der Waals surface area (Å²) in [5.74, 6) is -4.67. The van der Waals surface area contributed by atoms with Crippen molar-refractivity contribution < 1.29 is 77.1 Å². The van der Waals surface area contributed by atoms with Crippen molar-refractivity contribution in [3.05, 3.63) is 48.2 Å². The summed E-state index contributed by atoms with van der Waals surface area (Å²) in [4.78, 5) is 48.1. The maximum atomic E-state index is 14.5. The lowest BCUT2D eigenvalue weighted by Crippen LogP contribution is -2.60. The number of alkyl halides is 2. The van der Waals surface area contributed by atoms with E-state index in [4.69, 9.17) is 37.9 Å². The average molecular weight is 1150 g/mol. The number of rotatable bonds is 16. The number of aromatic nitrogens is 1. The van der Waals surface area contributed by atoms with Crippen LogP contribution in [-0.4, -0.2) is 172 Å². The Kier molecular flexibility index (Phi) is 21.6. The van der Waals surface area contributed by atoms with Crippen molar-refractivity contribution in [3.8, 4) is 17.0 Å². The molecular formula is C53H81FIN3O15. The molecule has 0 aliphatic carbocycles. The molecule has 1 amide bonds. The molecular weight excluding hydrogens is 1060 g/mol. The van der Waals surface area contributed by atoms with Crippen LogP contribution < -0.4 is 10.1 Å². The third-order valence-electron chi connectivity index (χ3n) is 15.6. The summed E-state index contributed by atoms with van der Waals surface area (Å²) in [5, 5.41) is 48.0. The topological polar surface area (TPSA) is 234 Å². The van der Waals surface area contributed by atoms with Crippen LogP contribution in [0.1, 0.15) is 106 Å². The lowest BCUT2D eigenvalue weighted by atomic mass is 9.74. The summed E-state index contributed by atoms with van der Waals surface area (Å²) in [6.45, 7) is 14.5. The van der Waals surface area contributed by atoms with Crippen molar-refractivity contribution in [1.82, 2.24) is 15.2 Å². The lowest BCUT2D eigenvalue weighted by Gasteiger charge is -2.49. The molecule has 20 heteroatoms. The maximum absolute atomic E-state index is 14.5. The SMILES string of the molecule is COc1ccc(-c2ccc([C@@H](O)[C@@H](CF)NC(=O)CCN(C)[C@@H]3C[C@H](O[C@@H]4[C@@H](C)[C@H](O[C@H]5C[C@@](C)(OC)[C@@H](O)[C@H](C)O5)[C@@H](C)C(=O)O[C@H](I)[C@@](C)(O)[C@H](O)[C@@H](C)C(=O)[C@H](C)C[C@@]4(C)OC)O[C@H](C)C3)cc2)cn1. The van der Waals surface area contributed by atoms with E-state index in [0.717, 1.165) is 11.1 Å². The Labute approximate surface area is 443 Å². The molecule has 2 aromatic rings. The second-order valence-corrected chi connectivity index (χ2v) is 22.3. The van der Waals surface area contributed by atoms with Gasteiger partial charge in [-0.3, -0.25) is 14.4 Å². The normalized spacial score (nSPS) is 38.0. The third kappa shape index (κ3) is 14.5. The first-order valence-corrected chi connectivity index (χ1v) is 26.5. The van der Waals surface area contributed by atoms with Crippen LogP contribution in [0.3, 0.4) is 0 Å². The molecule has 3 saturated heterocycles. The van der Waals surface area contributed by atoms with Crippen LogP contribution in [0.5, 0.6) is 5.88 Å². The zero-order valence-electron chi connectivity index (χ0n) is 44.7. The predicted octanol–water partition coefficient (Wildman–Crippen LogP) is 5.47. The first-order chi connectivity index (χ1) is 34.2. The number of benzene rings is 1. The van der Waals surface area contributed by atoms with E-state index in [1.165, 1.54) is 35.2 Å². The van der Waals surface area contributed by atoms with Crippen molar-refractivity contribution >= 4 is 40.3 Å². The first kappa shape index (κ1) is 60.9. The number of aliphatic hydroxyl groups is 4. The Morgan fingerprint density at radius 3 is 2.12 bits per heavy atom. The molecule has 0 bridgehead atoms. The van der Waals surface area contributed by atoms with Crippen molar-refractivity contribution in [3.63, 3.8) is 0 Å². The molecule has 1 aromatic carbocycles. The van der Waals surface area contributed by atoms with E-state index in [-0.39, 0.29) is 43.7 Å². The molecule has 3 fully saturated rings.